The smallest absolute Gasteiger partial charge is 0.249 e. The van der Waals surface area contributed by atoms with Gasteiger partial charge in [-0.2, -0.15) is 13.5 Å². The van der Waals surface area contributed by atoms with Crippen LogP contribution in [0.25, 0.3) is 11.0 Å². The Kier molecular flexibility index (Phi) is 6.08. The first kappa shape index (κ1) is 21.1. The Labute approximate surface area is 184 Å². The monoisotopic (exact) mass is 452 g/mol. The average Bonchev–Trinajstić information content (AvgIpc) is 3.28. The summed E-state index contributed by atoms with van der Waals surface area (Å²) in [6, 6.07) is 21.7. The molecule has 1 unspecified atom stereocenters. The number of carbonyl (C=O) groups excluding carboxylic acids is 1. The number of hydrogen-bond acceptors (Lipinski definition) is 6. The summed E-state index contributed by atoms with van der Waals surface area (Å²) in [5.74, 6) is -0.368. The molecule has 0 aliphatic rings. The van der Waals surface area contributed by atoms with Gasteiger partial charge in [0.25, 0.3) is 0 Å². The van der Waals surface area contributed by atoms with Gasteiger partial charge < -0.3 is 4.90 Å². The van der Waals surface area contributed by atoms with Crippen molar-refractivity contribution in [1.82, 2.24) is 13.5 Å². The zero-order valence-electron chi connectivity index (χ0n) is 16.7. The Morgan fingerprint density at radius 1 is 0.968 bits per heavy atom. The Morgan fingerprint density at radius 3 is 2.32 bits per heavy atom. The lowest BCUT2D eigenvalue weighted by Crippen LogP contribution is -2.43. The van der Waals surface area contributed by atoms with Gasteiger partial charge in [0.2, 0.25) is 15.9 Å². The molecular weight excluding hydrogens is 432 g/mol. The van der Waals surface area contributed by atoms with E-state index in [1.807, 2.05) is 43.3 Å². The van der Waals surface area contributed by atoms with Gasteiger partial charge in [-0.05, 0) is 36.8 Å². The second-order valence-corrected chi connectivity index (χ2v) is 8.98. The van der Waals surface area contributed by atoms with Crippen molar-refractivity contribution in [3.63, 3.8) is 0 Å². The molecule has 1 atom stereocenters. The first-order chi connectivity index (χ1) is 15.0. The molecule has 0 fully saturated rings. The molecule has 0 saturated carbocycles. The molecule has 3 aromatic carbocycles. The van der Waals surface area contributed by atoms with E-state index in [9.17, 15) is 13.2 Å². The van der Waals surface area contributed by atoms with Gasteiger partial charge in [0, 0.05) is 12.2 Å². The van der Waals surface area contributed by atoms with Gasteiger partial charge in [-0.1, -0.05) is 54.6 Å². The van der Waals surface area contributed by atoms with Crippen molar-refractivity contribution in [3.05, 3.63) is 84.4 Å². The molecule has 158 valence electrons. The van der Waals surface area contributed by atoms with Gasteiger partial charge in [0.15, 0.2) is 0 Å². The summed E-state index contributed by atoms with van der Waals surface area (Å²) in [5.41, 5.74) is 2.03. The summed E-state index contributed by atoms with van der Waals surface area (Å²) >= 11 is 0.943. The number of nitrogens with zero attached hydrogens (tertiary/aromatic N) is 3. The molecule has 0 aliphatic carbocycles. The fourth-order valence-corrected chi connectivity index (χ4v) is 5.30. The topological polar surface area (TPSA) is 92.3 Å². The molecule has 4 aromatic rings. The molecule has 7 nitrogen and oxygen atoms in total. The summed E-state index contributed by atoms with van der Waals surface area (Å²) in [4.78, 5) is 15.1. The zero-order valence-corrected chi connectivity index (χ0v) is 18.3. The van der Waals surface area contributed by atoms with Crippen molar-refractivity contribution < 1.29 is 13.2 Å². The number of sulfonamides is 1. The minimum absolute atomic E-state index is 0.00441. The highest BCUT2D eigenvalue weighted by molar-refractivity contribution is 7.89. The van der Waals surface area contributed by atoms with E-state index in [-0.39, 0.29) is 16.3 Å². The molecule has 0 radical (unpaired) electrons. The first-order valence-corrected chi connectivity index (χ1v) is 11.9. The van der Waals surface area contributed by atoms with E-state index >= 15 is 0 Å². The van der Waals surface area contributed by atoms with Crippen molar-refractivity contribution in [3.8, 4) is 0 Å². The van der Waals surface area contributed by atoms with Gasteiger partial charge in [0.05, 0.1) is 11.7 Å². The summed E-state index contributed by atoms with van der Waals surface area (Å²) in [6.45, 7) is 2.24. The van der Waals surface area contributed by atoms with E-state index in [2.05, 4.69) is 13.5 Å². The SMILES string of the molecule is CCN(C(=O)C(NS(=O)(=O)c1cccc2nsnc12)c1ccccc1)c1ccccc1. The fraction of sp³-hybridized carbons (Fsp3) is 0.136. The third kappa shape index (κ3) is 4.34. The number of benzene rings is 3. The van der Waals surface area contributed by atoms with Crippen LogP contribution in [0.2, 0.25) is 0 Å². The lowest BCUT2D eigenvalue weighted by atomic mass is 10.1. The number of rotatable bonds is 7. The molecule has 0 bridgehead atoms. The summed E-state index contributed by atoms with van der Waals surface area (Å²) in [5, 5.41) is 0. The molecule has 9 heteroatoms. The van der Waals surface area contributed by atoms with Crippen LogP contribution in [-0.2, 0) is 14.8 Å². The number of hydrogen-bond donors (Lipinski definition) is 1. The van der Waals surface area contributed by atoms with Crippen LogP contribution in [0, 0.1) is 0 Å². The number of anilines is 1. The van der Waals surface area contributed by atoms with Crippen LogP contribution in [0.1, 0.15) is 18.5 Å². The molecule has 1 N–H and O–H groups in total. The van der Waals surface area contributed by atoms with E-state index < -0.39 is 16.1 Å². The largest absolute Gasteiger partial charge is 0.311 e. The molecule has 0 aliphatic heterocycles. The summed E-state index contributed by atoms with van der Waals surface area (Å²) in [7, 11) is -4.07. The van der Waals surface area contributed by atoms with Crippen molar-refractivity contribution >= 4 is 44.4 Å². The molecule has 4 rings (SSSR count). The minimum atomic E-state index is -4.07. The highest BCUT2D eigenvalue weighted by atomic mass is 32.2. The Balaban J connectivity index is 1.76. The van der Waals surface area contributed by atoms with E-state index in [0.717, 1.165) is 11.7 Å². The number of likely N-dealkylation sites (N-methyl/N-ethyl adjacent to an activating group) is 1. The maximum absolute atomic E-state index is 13.6. The molecule has 1 amide bonds. The van der Waals surface area contributed by atoms with Crippen LogP contribution in [0.3, 0.4) is 0 Å². The van der Waals surface area contributed by atoms with Crippen LogP contribution in [0.15, 0.2) is 83.8 Å². The second kappa shape index (κ2) is 8.93. The third-order valence-electron chi connectivity index (χ3n) is 4.84. The second-order valence-electron chi connectivity index (χ2n) is 6.77. The van der Waals surface area contributed by atoms with Crippen LogP contribution in [-0.4, -0.2) is 29.6 Å². The van der Waals surface area contributed by atoms with Crippen molar-refractivity contribution in [2.24, 2.45) is 0 Å². The van der Waals surface area contributed by atoms with E-state index in [4.69, 9.17) is 0 Å². The van der Waals surface area contributed by atoms with Crippen LogP contribution in [0.5, 0.6) is 0 Å². The summed E-state index contributed by atoms with van der Waals surface area (Å²) < 4.78 is 37.5. The number of amides is 1. The highest BCUT2D eigenvalue weighted by Gasteiger charge is 2.32. The number of carbonyl (C=O) groups is 1. The van der Waals surface area contributed by atoms with Gasteiger partial charge in [-0.3, -0.25) is 4.79 Å². The van der Waals surface area contributed by atoms with Gasteiger partial charge in [-0.15, -0.1) is 0 Å². The molecule has 0 spiro atoms. The molecule has 1 aromatic heterocycles. The van der Waals surface area contributed by atoms with E-state index in [0.29, 0.717) is 23.3 Å². The van der Waals surface area contributed by atoms with E-state index in [1.165, 1.54) is 6.07 Å². The quantitative estimate of drug-likeness (QED) is 0.461. The Hall–Kier alpha value is -3.14. The van der Waals surface area contributed by atoms with Crippen LogP contribution in [0.4, 0.5) is 5.69 Å². The number of fused-ring (bicyclic) bond motifs is 1. The number of nitrogens with one attached hydrogen (secondary N) is 1. The van der Waals surface area contributed by atoms with Crippen molar-refractivity contribution in [2.45, 2.75) is 17.9 Å². The summed E-state index contributed by atoms with van der Waals surface area (Å²) in [6.07, 6.45) is 0. The number of aromatic nitrogens is 2. The van der Waals surface area contributed by atoms with E-state index in [1.54, 1.807) is 41.3 Å². The highest BCUT2D eigenvalue weighted by Crippen LogP contribution is 2.26. The van der Waals surface area contributed by atoms with Crippen molar-refractivity contribution in [2.75, 3.05) is 11.4 Å². The molecular formula is C22H20N4O3S2. The minimum Gasteiger partial charge on any atom is -0.311 e. The van der Waals surface area contributed by atoms with Gasteiger partial charge in [-0.25, -0.2) is 8.42 Å². The predicted molar refractivity (Wildman–Crippen MR) is 121 cm³/mol. The first-order valence-electron chi connectivity index (χ1n) is 9.66. The third-order valence-corrected chi connectivity index (χ3v) is 6.84. The Bertz CT molecular complexity index is 1290. The zero-order chi connectivity index (χ0) is 21.8. The maximum atomic E-state index is 13.6. The van der Waals surface area contributed by atoms with Crippen LogP contribution < -0.4 is 9.62 Å². The molecule has 0 saturated heterocycles. The van der Waals surface area contributed by atoms with Gasteiger partial charge in [0.1, 0.15) is 22.0 Å². The fourth-order valence-electron chi connectivity index (χ4n) is 3.35. The maximum Gasteiger partial charge on any atom is 0.249 e. The average molecular weight is 453 g/mol. The van der Waals surface area contributed by atoms with Crippen molar-refractivity contribution in [1.29, 1.82) is 0 Å². The Morgan fingerprint density at radius 2 is 1.65 bits per heavy atom. The molecule has 1 heterocycles. The predicted octanol–water partition coefficient (Wildman–Crippen LogP) is 3.76. The number of para-hydroxylation sites is 1. The molecule has 31 heavy (non-hydrogen) atoms. The standard InChI is InChI=1S/C22H20N4O3S2/c1-2-26(17-12-7-4-8-13-17)22(27)20(16-10-5-3-6-11-16)25-31(28,29)19-15-9-14-18-21(19)24-30-23-18/h3-15,20,25H,2H2,1H3. The lowest BCUT2D eigenvalue weighted by molar-refractivity contribution is -0.120. The normalized spacial score (nSPS) is 12.5. The van der Waals surface area contributed by atoms with Gasteiger partial charge >= 0.3 is 0 Å². The lowest BCUT2D eigenvalue weighted by Gasteiger charge is -2.27. The van der Waals surface area contributed by atoms with Crippen LogP contribution >= 0.6 is 11.7 Å².